The number of aryl methyl sites for hydroxylation is 1. The molecule has 0 bridgehead atoms. The molecular weight excluding hydrogens is 966 g/mol. The van der Waals surface area contributed by atoms with E-state index < -0.39 is 66.5 Å². The highest BCUT2D eigenvalue weighted by atomic mass is 35.5. The predicted molar refractivity (Wildman–Crippen MR) is 249 cm³/mol. The van der Waals surface area contributed by atoms with Crippen LogP contribution in [-0.4, -0.2) is 80.8 Å². The van der Waals surface area contributed by atoms with Crippen LogP contribution in [0.2, 0.25) is 5.02 Å². The fourth-order valence-electron chi connectivity index (χ4n) is 5.16. The zero-order valence-electron chi connectivity index (χ0n) is 37.6. The molecule has 1 aromatic heterocycles. The number of hydrogen-bond donors (Lipinski definition) is 4. The first-order chi connectivity index (χ1) is 31.7. The fourth-order valence-corrected chi connectivity index (χ4v) is 5.75. The van der Waals surface area contributed by atoms with Crippen molar-refractivity contribution < 1.29 is 66.1 Å². The van der Waals surface area contributed by atoms with Crippen LogP contribution in [-0.2, 0) is 56.0 Å². The molecule has 68 heavy (non-hydrogen) atoms. The van der Waals surface area contributed by atoms with Gasteiger partial charge in [0, 0.05) is 24.7 Å². The quantitative estimate of drug-likeness (QED) is 0.0237. The lowest BCUT2D eigenvalue weighted by atomic mass is 10.1. The second kappa shape index (κ2) is 26.8. The maximum Gasteiger partial charge on any atom is 0.431 e. The van der Waals surface area contributed by atoms with Gasteiger partial charge in [0.15, 0.2) is 6.10 Å². The number of alkyl halides is 3. The largest absolute Gasteiger partial charge is 0.778 e. The number of ether oxygens (including phenoxy) is 4. The molecule has 19 nitrogen and oxygen atoms in total. The summed E-state index contributed by atoms with van der Waals surface area (Å²) in [6, 6.07) is 23.3. The van der Waals surface area contributed by atoms with Crippen LogP contribution in [0.5, 0.6) is 23.0 Å². The average Bonchev–Trinajstić information content (AvgIpc) is 3.25. The number of nitrogens with two attached hydrogens (primary N) is 1. The first-order valence-electron chi connectivity index (χ1n) is 19.6. The number of methoxy groups -OCH3 is 1. The smallest absolute Gasteiger partial charge is 0.431 e. The molecule has 2 unspecified atom stereocenters. The molecule has 0 spiro atoms. The molecule has 5 rings (SSSR count). The van der Waals surface area contributed by atoms with Gasteiger partial charge in [-0.2, -0.15) is 13.2 Å². The molecule has 0 fully saturated rings. The SMILES string of the molecule is CCc1ccc(COc2ccc(-n3c(=O)cc(C(F)(F)F)n(C)c3=O)cc2)c(OC(C)C(=O)OC)c1.C[S+](C)C.Nc1c([N+](=O)[O-])ccc(Oc2ccccc2)c1Cl.O=C(O)CNCP(=O)([O-])O. The van der Waals surface area contributed by atoms with Gasteiger partial charge in [0.05, 0.1) is 49.3 Å². The van der Waals surface area contributed by atoms with Crippen molar-refractivity contribution in [1.29, 1.82) is 0 Å². The normalized spacial score (nSPS) is 12.0. The lowest BCUT2D eigenvalue weighted by molar-refractivity contribution is -0.383. The Hall–Kier alpha value is -6.36. The summed E-state index contributed by atoms with van der Waals surface area (Å²) >= 11 is 5.94. The predicted octanol–water partition coefficient (Wildman–Crippen LogP) is 5.92. The van der Waals surface area contributed by atoms with Crippen LogP contribution < -0.4 is 41.4 Å². The summed E-state index contributed by atoms with van der Waals surface area (Å²) in [6.45, 7) is 3.15. The van der Waals surface area contributed by atoms with Crippen molar-refractivity contribution in [2.45, 2.75) is 39.2 Å². The number of hydrogen-bond acceptors (Lipinski definition) is 14. The van der Waals surface area contributed by atoms with E-state index in [0.717, 1.165) is 19.0 Å². The summed E-state index contributed by atoms with van der Waals surface area (Å²) < 4.78 is 71.9. The van der Waals surface area contributed by atoms with Crippen molar-refractivity contribution >= 4 is 53.4 Å². The molecule has 0 aliphatic heterocycles. The van der Waals surface area contributed by atoms with Crippen LogP contribution in [0.25, 0.3) is 5.69 Å². The third-order valence-corrected chi connectivity index (χ3v) is 9.37. The number of aromatic nitrogens is 2. The van der Waals surface area contributed by atoms with Crippen LogP contribution in [0.4, 0.5) is 24.5 Å². The summed E-state index contributed by atoms with van der Waals surface area (Å²) in [6.07, 6.45) is 0.967. The third kappa shape index (κ3) is 19.1. The number of rotatable bonds is 15. The standard InChI is InChI=1S/C25H25F3N2O6.C12H9ClN2O3.C3H8NO5P.C3H9S/c1-5-16-6-7-17(20(12-16)36-15(2)23(32)34-4)14-35-19-10-8-18(9-11-19)30-22(31)13-21(25(26,27)28)29(3)24(30)33;13-11-10(18-8-4-2-1-3-5-8)7-6-9(12(11)14)15(16)17;5-3(6)1-4-2-10(7,8)9;1-4(2)3/h6-13,15H,5,14H2,1-4H3;1-7H,14H2;4H,1-2H2,(H,5,6)(H2,7,8,9);1-3H3/q;;;+1/p-1. The summed E-state index contributed by atoms with van der Waals surface area (Å²) in [5.74, 6) is 0.00169. The highest BCUT2D eigenvalue weighted by molar-refractivity contribution is 7.94. The van der Waals surface area contributed by atoms with Crippen molar-refractivity contribution in [3.63, 3.8) is 0 Å². The van der Waals surface area contributed by atoms with Gasteiger partial charge in [-0.25, -0.2) is 14.2 Å². The van der Waals surface area contributed by atoms with Gasteiger partial charge in [-0.15, -0.1) is 0 Å². The Bertz CT molecular complexity index is 2650. The van der Waals surface area contributed by atoms with Crippen LogP contribution in [0, 0.1) is 10.1 Å². The molecule has 5 N–H and O–H groups in total. The molecule has 4 aromatic carbocycles. The van der Waals surface area contributed by atoms with E-state index in [1.807, 2.05) is 36.5 Å². The highest BCUT2D eigenvalue weighted by Gasteiger charge is 2.35. The zero-order valence-corrected chi connectivity index (χ0v) is 40.1. The van der Waals surface area contributed by atoms with Crippen LogP contribution >= 0.6 is 19.2 Å². The number of benzene rings is 4. The van der Waals surface area contributed by atoms with E-state index >= 15 is 0 Å². The molecule has 0 radical (unpaired) electrons. The Kier molecular flexibility index (Phi) is 22.8. The first-order valence-corrected chi connectivity index (χ1v) is 24.2. The van der Waals surface area contributed by atoms with Gasteiger partial charge in [-0.05, 0) is 78.3 Å². The van der Waals surface area contributed by atoms with E-state index in [4.69, 9.17) is 46.3 Å². The van der Waals surface area contributed by atoms with Gasteiger partial charge in [-0.3, -0.25) is 29.6 Å². The third-order valence-electron chi connectivity index (χ3n) is 8.35. The first kappa shape index (κ1) is 57.8. The van der Waals surface area contributed by atoms with E-state index in [9.17, 15) is 51.9 Å². The number of aliphatic carboxylic acids is 1. The number of esters is 1. The average molecular weight is 1020 g/mol. The lowest BCUT2D eigenvalue weighted by Crippen LogP contribution is -2.40. The Morgan fingerprint density at radius 3 is 2.10 bits per heavy atom. The highest BCUT2D eigenvalue weighted by Crippen LogP contribution is 2.39. The minimum Gasteiger partial charge on any atom is -0.778 e. The van der Waals surface area contributed by atoms with E-state index in [0.29, 0.717) is 48.9 Å². The van der Waals surface area contributed by atoms with Crippen molar-refractivity contribution in [2.24, 2.45) is 7.05 Å². The van der Waals surface area contributed by atoms with Crippen LogP contribution in [0.15, 0.2) is 101 Å². The number of carbonyl (C=O) groups is 2. The molecule has 5 aromatic rings. The van der Waals surface area contributed by atoms with Gasteiger partial charge in [0.2, 0.25) is 0 Å². The van der Waals surface area contributed by atoms with Crippen molar-refractivity contribution in [3.05, 3.63) is 144 Å². The van der Waals surface area contributed by atoms with Crippen molar-refractivity contribution in [2.75, 3.05) is 44.4 Å². The Morgan fingerprint density at radius 2 is 1.59 bits per heavy atom. The van der Waals surface area contributed by atoms with E-state index in [1.54, 1.807) is 31.2 Å². The van der Waals surface area contributed by atoms with E-state index in [-0.39, 0.29) is 34.4 Å². The van der Waals surface area contributed by atoms with Crippen LogP contribution in [0.3, 0.4) is 0 Å². The molecule has 2 atom stereocenters. The minimum atomic E-state index is -4.84. The number of halogens is 4. The Balaban J connectivity index is 0.000000407. The van der Waals surface area contributed by atoms with Gasteiger partial charge in [0.25, 0.3) is 11.2 Å². The van der Waals surface area contributed by atoms with Gasteiger partial charge < -0.3 is 44.1 Å². The minimum absolute atomic E-state index is 0.0352. The number of carboxylic acids is 1. The molecule has 0 amide bonds. The maximum absolute atomic E-state index is 13.1. The molecule has 0 aliphatic carbocycles. The van der Waals surface area contributed by atoms with Gasteiger partial charge in [0.1, 0.15) is 53.6 Å². The molecule has 0 saturated carbocycles. The number of nitrogens with one attached hydrogen (secondary N) is 1. The van der Waals surface area contributed by atoms with E-state index in [1.165, 1.54) is 43.5 Å². The van der Waals surface area contributed by atoms with Crippen LogP contribution in [0.1, 0.15) is 30.7 Å². The number of carboxylic acid groups (broad SMARTS) is 1. The summed E-state index contributed by atoms with van der Waals surface area (Å²) in [7, 11) is -1.49. The molecule has 370 valence electrons. The summed E-state index contributed by atoms with van der Waals surface area (Å²) in [4.78, 5) is 74.3. The fraction of sp³-hybridized carbons (Fsp3) is 0.302. The number of nitrogen functional groups attached to an aromatic ring is 1. The number of nitro groups is 1. The topological polar surface area (TPSA) is 277 Å². The Morgan fingerprint density at radius 1 is 0.985 bits per heavy atom. The summed E-state index contributed by atoms with van der Waals surface area (Å²) in [5.41, 5.74) is 3.44. The molecule has 0 saturated heterocycles. The number of carbonyl (C=O) groups excluding carboxylic acids is 1. The maximum atomic E-state index is 13.1. The second-order valence-corrected chi connectivity index (χ2v) is 18.6. The van der Waals surface area contributed by atoms with E-state index in [2.05, 4.69) is 18.8 Å². The number of nitrogens with zero attached hydrogens (tertiary/aromatic N) is 3. The number of anilines is 1. The number of nitro benzene ring substituents is 1. The zero-order chi connectivity index (χ0) is 51.5. The molecule has 1 heterocycles. The van der Waals surface area contributed by atoms with Gasteiger partial charge in [-0.1, -0.05) is 48.9 Å². The number of para-hydroxylation sites is 1. The van der Waals surface area contributed by atoms with Gasteiger partial charge >= 0.3 is 23.8 Å². The monoisotopic (exact) mass is 1020 g/mol. The van der Waals surface area contributed by atoms with Crippen molar-refractivity contribution in [3.8, 4) is 28.7 Å². The van der Waals surface area contributed by atoms with Crippen molar-refractivity contribution in [1.82, 2.24) is 14.5 Å². The Labute approximate surface area is 395 Å². The molecule has 0 aliphatic rings. The summed E-state index contributed by atoms with van der Waals surface area (Å²) in [5, 5.41) is 20.7. The molecule has 25 heteroatoms. The second-order valence-electron chi connectivity index (χ2n) is 14.2. The molecular formula is C43H50ClF3N5O14PS. The lowest BCUT2D eigenvalue weighted by Gasteiger charge is -2.17.